The van der Waals surface area contributed by atoms with E-state index in [-0.39, 0.29) is 22.4 Å². The van der Waals surface area contributed by atoms with E-state index in [9.17, 15) is 8.42 Å². The average Bonchev–Trinajstić information content (AvgIpc) is 2.05. The predicted molar refractivity (Wildman–Crippen MR) is 45.3 cm³/mol. The molecule has 0 aliphatic carbocycles. The molecule has 0 bridgehead atoms. The van der Waals surface area contributed by atoms with Gasteiger partial charge in [-0.05, 0) is 11.6 Å². The Morgan fingerprint density at radius 1 is 1.15 bits per heavy atom. The number of hydrogen-bond donors (Lipinski definition) is 0. The molecule has 1 rings (SSSR count). The van der Waals surface area contributed by atoms with Crippen molar-refractivity contribution >= 4 is 17.1 Å². The normalized spacial score (nSPS) is 9.92. The second-order valence-electron chi connectivity index (χ2n) is 2.01. The summed E-state index contributed by atoms with van der Waals surface area (Å²) in [6.07, 6.45) is 2.69. The standard InChI is InChI=1S/C8H7O3S.Ag/c9-12(10)11-7-6-8-4-2-1-3-5-8;/h1-7H;/q-1;+1. The zero-order valence-corrected chi connectivity index (χ0v) is 8.77. The maximum atomic E-state index is 9.92. The molecule has 0 aliphatic heterocycles. The maximum Gasteiger partial charge on any atom is 1.00 e. The van der Waals surface area contributed by atoms with Crippen LogP contribution in [-0.4, -0.2) is 0 Å². The van der Waals surface area contributed by atoms with Crippen molar-refractivity contribution < 1.29 is 35.0 Å². The molecule has 0 N–H and O–H groups in total. The van der Waals surface area contributed by atoms with Crippen LogP contribution in [0.2, 0.25) is 0 Å². The van der Waals surface area contributed by atoms with E-state index in [4.69, 9.17) is 0 Å². The summed E-state index contributed by atoms with van der Waals surface area (Å²) in [6, 6.07) is 9.27. The Labute approximate surface area is 94.1 Å². The topological polar surface area (TPSA) is 43.4 Å². The van der Waals surface area contributed by atoms with Crippen molar-refractivity contribution in [1.82, 2.24) is 0 Å². The Hall–Kier alpha value is -0.550. The smallest absolute Gasteiger partial charge is 0.539 e. The van der Waals surface area contributed by atoms with Crippen LogP contribution in [0.25, 0.3) is 6.08 Å². The van der Waals surface area contributed by atoms with Gasteiger partial charge in [-0.3, -0.25) is 0 Å². The van der Waals surface area contributed by atoms with Gasteiger partial charge in [0.2, 0.25) is 0 Å². The van der Waals surface area contributed by atoms with Gasteiger partial charge in [0.1, 0.15) is 11.0 Å². The Balaban J connectivity index is 0.00000144. The summed E-state index contributed by atoms with van der Waals surface area (Å²) in [6.45, 7) is 0. The van der Waals surface area contributed by atoms with E-state index < -0.39 is 11.0 Å². The maximum absolute atomic E-state index is 9.92. The van der Waals surface area contributed by atoms with Gasteiger partial charge >= 0.3 is 22.4 Å². The van der Waals surface area contributed by atoms with E-state index in [0.717, 1.165) is 11.8 Å². The minimum Gasteiger partial charge on any atom is -0.539 e. The predicted octanol–water partition coefficient (Wildman–Crippen LogP) is 1.90. The molecule has 0 aromatic heterocycles. The van der Waals surface area contributed by atoms with Crippen LogP contribution in [0.1, 0.15) is 5.56 Å². The van der Waals surface area contributed by atoms with E-state index in [1.165, 1.54) is 0 Å². The third-order valence-corrected chi connectivity index (χ3v) is 1.46. The third kappa shape index (κ3) is 5.65. The summed E-state index contributed by atoms with van der Waals surface area (Å²) in [5.41, 5.74) is 0.892. The van der Waals surface area contributed by atoms with Crippen LogP contribution >= 0.6 is 0 Å². The molecule has 0 radical (unpaired) electrons. The van der Waals surface area contributed by atoms with Gasteiger partial charge in [-0.1, -0.05) is 30.3 Å². The Morgan fingerprint density at radius 2 is 1.77 bits per heavy atom. The van der Waals surface area contributed by atoms with Crippen LogP contribution in [0.4, 0.5) is 0 Å². The van der Waals surface area contributed by atoms with Crippen LogP contribution in [0.3, 0.4) is 0 Å². The number of benzene rings is 1. The largest absolute Gasteiger partial charge is 1.00 e. The van der Waals surface area contributed by atoms with Crippen molar-refractivity contribution in [3.05, 3.63) is 42.2 Å². The summed E-state index contributed by atoms with van der Waals surface area (Å²) < 4.78 is 24.0. The van der Waals surface area contributed by atoms with Crippen molar-refractivity contribution in [1.29, 1.82) is 0 Å². The minimum absolute atomic E-state index is 0. The molecule has 0 spiro atoms. The first-order valence-corrected chi connectivity index (χ1v) is 4.27. The number of rotatable bonds is 3. The van der Waals surface area contributed by atoms with Gasteiger partial charge in [-0.2, -0.15) is 0 Å². The molecule has 0 fully saturated rings. The van der Waals surface area contributed by atoms with Crippen LogP contribution in [0.5, 0.6) is 0 Å². The second-order valence-corrected chi connectivity index (χ2v) is 2.61. The Kier molecular flexibility index (Phi) is 6.62. The van der Waals surface area contributed by atoms with Gasteiger partial charge in [-0.25, -0.2) is 0 Å². The van der Waals surface area contributed by atoms with Crippen LogP contribution in [-0.2, 0) is 46.0 Å². The molecular formula is C8H7AgO3S. The molecule has 0 aliphatic rings. The van der Waals surface area contributed by atoms with Crippen molar-refractivity contribution in [2.75, 3.05) is 0 Å². The Bertz CT molecular complexity index is 325. The zero-order valence-electron chi connectivity index (χ0n) is 6.48. The summed E-state index contributed by atoms with van der Waals surface area (Å²) in [5, 5.41) is 0. The van der Waals surface area contributed by atoms with Crippen molar-refractivity contribution in [3.63, 3.8) is 0 Å². The molecule has 1 aromatic rings. The summed E-state index contributed by atoms with van der Waals surface area (Å²) in [5.74, 6) is 0. The summed E-state index contributed by atoms with van der Waals surface area (Å²) >= 11 is 0. The van der Waals surface area contributed by atoms with E-state index in [2.05, 4.69) is 4.18 Å². The quantitative estimate of drug-likeness (QED) is 0.485. The van der Waals surface area contributed by atoms with Crippen LogP contribution in [0.15, 0.2) is 36.6 Å². The van der Waals surface area contributed by atoms with E-state index >= 15 is 0 Å². The molecule has 13 heavy (non-hydrogen) atoms. The molecule has 5 heteroatoms. The molecule has 0 unspecified atom stereocenters. The van der Waals surface area contributed by atoms with Crippen molar-refractivity contribution in [2.45, 2.75) is 0 Å². The van der Waals surface area contributed by atoms with E-state index in [0.29, 0.717) is 0 Å². The van der Waals surface area contributed by atoms with Crippen LogP contribution < -0.4 is 0 Å². The second kappa shape index (κ2) is 6.91. The molecule has 0 atom stereocenters. The molecule has 0 amide bonds. The minimum atomic E-state index is -2.48. The monoisotopic (exact) mass is 290 g/mol. The molecule has 0 saturated heterocycles. The third-order valence-electron chi connectivity index (χ3n) is 1.19. The number of hydrogen-bond acceptors (Lipinski definition) is 4. The van der Waals surface area contributed by atoms with Gasteiger partial charge in [0.25, 0.3) is 0 Å². The van der Waals surface area contributed by atoms with E-state index in [1.807, 2.05) is 30.3 Å². The fraction of sp³-hybridized carbons (Fsp3) is 0. The van der Waals surface area contributed by atoms with Crippen molar-refractivity contribution in [2.24, 2.45) is 0 Å². The van der Waals surface area contributed by atoms with Gasteiger partial charge in [0, 0.05) is 0 Å². The molecule has 3 nitrogen and oxygen atoms in total. The van der Waals surface area contributed by atoms with Gasteiger partial charge < -0.3 is 12.6 Å². The first kappa shape index (κ1) is 12.5. The van der Waals surface area contributed by atoms with Gasteiger partial charge in [0.15, 0.2) is 0 Å². The Morgan fingerprint density at radius 3 is 2.31 bits per heavy atom. The average molecular weight is 291 g/mol. The van der Waals surface area contributed by atoms with E-state index in [1.54, 1.807) is 6.08 Å². The first-order valence-electron chi connectivity index (χ1n) is 3.27. The fourth-order valence-electron chi connectivity index (χ4n) is 0.716. The fourth-order valence-corrected chi connectivity index (χ4v) is 0.862. The summed E-state index contributed by atoms with van der Waals surface area (Å²) in [4.78, 5) is 0. The summed E-state index contributed by atoms with van der Waals surface area (Å²) in [7, 11) is -2.48. The van der Waals surface area contributed by atoms with Gasteiger partial charge in [0.05, 0.1) is 6.26 Å². The molecule has 0 saturated carbocycles. The van der Waals surface area contributed by atoms with Crippen molar-refractivity contribution in [3.8, 4) is 0 Å². The molecule has 74 valence electrons. The SMILES string of the molecule is O=[S-](=O)OC=Cc1ccccc1.[Ag+]. The molecule has 1 aromatic carbocycles. The molecular weight excluding hydrogens is 284 g/mol. The zero-order chi connectivity index (χ0) is 8.81. The van der Waals surface area contributed by atoms with Crippen LogP contribution in [0, 0.1) is 0 Å². The molecule has 0 heterocycles. The first-order chi connectivity index (χ1) is 5.79. The van der Waals surface area contributed by atoms with Gasteiger partial charge in [-0.15, -0.1) is 0 Å².